The third kappa shape index (κ3) is 6.07. The lowest BCUT2D eigenvalue weighted by Gasteiger charge is -2.37. The Hall–Kier alpha value is -2.34. The van der Waals surface area contributed by atoms with Crippen LogP contribution in [0.3, 0.4) is 0 Å². The molecule has 1 aromatic carbocycles. The molecule has 6 heteroatoms. The number of nitrogens with zero attached hydrogens (tertiary/aromatic N) is 1. The summed E-state index contributed by atoms with van der Waals surface area (Å²) in [5.41, 5.74) is 7.29. The Labute approximate surface area is 175 Å². The van der Waals surface area contributed by atoms with Crippen LogP contribution in [0, 0.1) is 5.92 Å². The first-order chi connectivity index (χ1) is 13.5. The van der Waals surface area contributed by atoms with E-state index in [1.807, 2.05) is 52.0 Å². The molecule has 2 N–H and O–H groups in total. The van der Waals surface area contributed by atoms with Gasteiger partial charge in [0.2, 0.25) is 5.91 Å². The van der Waals surface area contributed by atoms with Gasteiger partial charge in [0, 0.05) is 18.0 Å². The molecule has 1 aromatic rings. The molecule has 0 aliphatic rings. The van der Waals surface area contributed by atoms with Crippen LogP contribution in [-0.4, -0.2) is 49.6 Å². The van der Waals surface area contributed by atoms with Crippen LogP contribution in [0.1, 0.15) is 47.1 Å². The Morgan fingerprint density at radius 2 is 1.76 bits per heavy atom. The molecule has 0 unspecified atom stereocenters. The Balaban J connectivity index is 3.10. The fourth-order valence-electron chi connectivity index (χ4n) is 3.20. The van der Waals surface area contributed by atoms with Gasteiger partial charge in [-0.15, -0.1) is 0 Å². The third-order valence-corrected chi connectivity index (χ3v) is 5.37. The number of benzene rings is 1. The number of carbonyl (C=O) groups excluding carboxylic acids is 2. The van der Waals surface area contributed by atoms with Gasteiger partial charge in [0.25, 0.3) is 0 Å². The zero-order valence-corrected chi connectivity index (χ0v) is 19.0. The van der Waals surface area contributed by atoms with Crippen molar-refractivity contribution in [1.82, 2.24) is 4.90 Å². The van der Waals surface area contributed by atoms with Gasteiger partial charge in [-0.3, -0.25) is 4.79 Å². The molecule has 162 valence electrons. The van der Waals surface area contributed by atoms with E-state index in [9.17, 15) is 9.59 Å². The first kappa shape index (κ1) is 24.7. The fourth-order valence-corrected chi connectivity index (χ4v) is 3.20. The van der Waals surface area contributed by atoms with E-state index in [1.165, 1.54) is 0 Å². The summed E-state index contributed by atoms with van der Waals surface area (Å²) in [6, 6.07) is 6.55. The molecule has 0 bridgehead atoms. The molecule has 1 amide bonds. The van der Waals surface area contributed by atoms with Gasteiger partial charge in [0.15, 0.2) is 0 Å². The molecule has 0 aromatic heterocycles. The summed E-state index contributed by atoms with van der Waals surface area (Å²) in [6.07, 6.45) is 1.79. The molecule has 0 aliphatic carbocycles. The highest BCUT2D eigenvalue weighted by Crippen LogP contribution is 2.29. The zero-order chi connectivity index (χ0) is 22.4. The number of ether oxygens (including phenoxy) is 2. The Morgan fingerprint density at radius 1 is 1.21 bits per heavy atom. The zero-order valence-electron chi connectivity index (χ0n) is 19.0. The molecule has 0 aliphatic heterocycles. The number of amides is 1. The minimum absolute atomic E-state index is 0.102. The van der Waals surface area contributed by atoms with Crippen LogP contribution in [0.4, 0.5) is 0 Å². The minimum Gasteiger partial charge on any atom is -0.497 e. The number of likely N-dealkylation sites (N-methyl/N-ethyl adjacent to an activating group) is 1. The Bertz CT molecular complexity index is 723. The lowest BCUT2D eigenvalue weighted by Crippen LogP contribution is -2.55. The summed E-state index contributed by atoms with van der Waals surface area (Å²) >= 11 is 0. The van der Waals surface area contributed by atoms with Gasteiger partial charge in [0.05, 0.1) is 25.8 Å². The summed E-state index contributed by atoms with van der Waals surface area (Å²) in [6.45, 7) is 11.7. The molecule has 29 heavy (non-hydrogen) atoms. The van der Waals surface area contributed by atoms with Crippen LogP contribution in [0.25, 0.3) is 0 Å². The Morgan fingerprint density at radius 3 is 2.21 bits per heavy atom. The predicted octanol–water partition coefficient (Wildman–Crippen LogP) is 3.29. The smallest absolute Gasteiger partial charge is 0.333 e. The van der Waals surface area contributed by atoms with Crippen LogP contribution in [0.15, 0.2) is 35.9 Å². The lowest BCUT2D eigenvalue weighted by molar-refractivity contribution is -0.139. The maximum atomic E-state index is 13.2. The second-order valence-electron chi connectivity index (χ2n) is 8.18. The van der Waals surface area contributed by atoms with E-state index < -0.39 is 11.5 Å². The third-order valence-electron chi connectivity index (χ3n) is 5.37. The monoisotopic (exact) mass is 404 g/mol. The molecular weight excluding hydrogens is 368 g/mol. The van der Waals surface area contributed by atoms with E-state index in [-0.39, 0.29) is 23.8 Å². The minimum atomic E-state index is -0.751. The van der Waals surface area contributed by atoms with Crippen molar-refractivity contribution in [3.05, 3.63) is 41.5 Å². The van der Waals surface area contributed by atoms with E-state index >= 15 is 0 Å². The van der Waals surface area contributed by atoms with Crippen LogP contribution >= 0.6 is 0 Å². The van der Waals surface area contributed by atoms with E-state index in [0.29, 0.717) is 12.2 Å². The van der Waals surface area contributed by atoms with Crippen molar-refractivity contribution < 1.29 is 19.1 Å². The van der Waals surface area contributed by atoms with Gasteiger partial charge in [-0.05, 0) is 37.5 Å². The van der Waals surface area contributed by atoms with Crippen LogP contribution in [-0.2, 0) is 19.7 Å². The first-order valence-electron chi connectivity index (χ1n) is 9.99. The van der Waals surface area contributed by atoms with Crippen molar-refractivity contribution in [2.45, 2.75) is 59.0 Å². The average Bonchev–Trinajstić information content (AvgIpc) is 2.69. The maximum Gasteiger partial charge on any atom is 0.333 e. The van der Waals surface area contributed by atoms with Gasteiger partial charge < -0.3 is 20.1 Å². The number of carbonyl (C=O) groups is 2. The number of esters is 1. The molecule has 1 rings (SSSR count). The van der Waals surface area contributed by atoms with Crippen LogP contribution < -0.4 is 10.5 Å². The topological polar surface area (TPSA) is 81.9 Å². The first-order valence-corrected chi connectivity index (χ1v) is 9.99. The second kappa shape index (κ2) is 10.4. The van der Waals surface area contributed by atoms with E-state index in [2.05, 4.69) is 0 Å². The van der Waals surface area contributed by atoms with E-state index in [0.717, 1.165) is 11.3 Å². The predicted molar refractivity (Wildman–Crippen MR) is 116 cm³/mol. The Kier molecular flexibility index (Phi) is 8.89. The van der Waals surface area contributed by atoms with Crippen LogP contribution in [0.5, 0.6) is 5.75 Å². The van der Waals surface area contributed by atoms with Gasteiger partial charge in [-0.1, -0.05) is 45.9 Å². The molecule has 0 fully saturated rings. The highest BCUT2D eigenvalue weighted by molar-refractivity contribution is 5.88. The standard InChI is InChI=1S/C23H36N2O4/c1-9-29-22(27)16(4)14-19(15(2)3)25(7)21(26)20(24)23(5,6)17-10-12-18(28-8)13-11-17/h10-15,19-20H,9,24H2,1-8H3/t19-,20-/m1/s1. The summed E-state index contributed by atoms with van der Waals surface area (Å²) in [5.74, 6) is 0.296. The van der Waals surface area contributed by atoms with Gasteiger partial charge in [0.1, 0.15) is 5.75 Å². The molecule has 0 heterocycles. The molecule has 0 spiro atoms. The quantitative estimate of drug-likeness (QED) is 0.504. The maximum absolute atomic E-state index is 13.2. The molecular formula is C23H36N2O4. The normalized spacial score (nSPS) is 14.3. The van der Waals surface area contributed by atoms with Gasteiger partial charge >= 0.3 is 5.97 Å². The summed E-state index contributed by atoms with van der Waals surface area (Å²) in [5, 5.41) is 0. The van der Waals surface area contributed by atoms with Crippen LogP contribution in [0.2, 0.25) is 0 Å². The number of rotatable bonds is 9. The fraction of sp³-hybridized carbons (Fsp3) is 0.565. The second-order valence-corrected chi connectivity index (χ2v) is 8.18. The SMILES string of the molecule is CCOC(=O)C(C)=C[C@H](C(C)C)N(C)C(=O)[C@@H](N)C(C)(C)c1ccc(OC)cc1. The summed E-state index contributed by atoms with van der Waals surface area (Å²) < 4.78 is 10.3. The summed E-state index contributed by atoms with van der Waals surface area (Å²) in [7, 11) is 3.34. The summed E-state index contributed by atoms with van der Waals surface area (Å²) in [4.78, 5) is 26.9. The molecule has 0 radical (unpaired) electrons. The lowest BCUT2D eigenvalue weighted by atomic mass is 9.77. The van der Waals surface area contributed by atoms with Crippen molar-refractivity contribution in [2.75, 3.05) is 20.8 Å². The number of nitrogens with two attached hydrogens (primary N) is 1. The molecule has 6 nitrogen and oxygen atoms in total. The van der Waals surface area contributed by atoms with Crippen molar-refractivity contribution in [2.24, 2.45) is 11.7 Å². The highest BCUT2D eigenvalue weighted by atomic mass is 16.5. The number of methoxy groups -OCH3 is 1. The largest absolute Gasteiger partial charge is 0.497 e. The van der Waals surface area contributed by atoms with Crippen molar-refractivity contribution >= 4 is 11.9 Å². The average molecular weight is 405 g/mol. The molecule has 0 saturated carbocycles. The van der Waals surface area contributed by atoms with Crippen molar-refractivity contribution in [1.29, 1.82) is 0 Å². The van der Waals surface area contributed by atoms with Crippen molar-refractivity contribution in [3.8, 4) is 5.75 Å². The van der Waals surface area contributed by atoms with E-state index in [1.54, 1.807) is 39.0 Å². The molecule has 2 atom stereocenters. The van der Waals surface area contributed by atoms with Gasteiger partial charge in [-0.2, -0.15) is 0 Å². The van der Waals surface area contributed by atoms with Crippen molar-refractivity contribution in [3.63, 3.8) is 0 Å². The highest BCUT2D eigenvalue weighted by Gasteiger charge is 2.37. The number of hydrogen-bond acceptors (Lipinski definition) is 5. The van der Waals surface area contributed by atoms with E-state index in [4.69, 9.17) is 15.2 Å². The molecule has 0 saturated heterocycles. The number of hydrogen-bond donors (Lipinski definition) is 1. The van der Waals surface area contributed by atoms with Gasteiger partial charge in [-0.25, -0.2) is 4.79 Å².